The summed E-state index contributed by atoms with van der Waals surface area (Å²) in [5.41, 5.74) is 1.87. The molecule has 2 heterocycles. The molecular formula is C18H21ClN4O2. The molecule has 2 N–H and O–H groups in total. The van der Waals surface area contributed by atoms with Gasteiger partial charge in [0.25, 0.3) is 0 Å². The predicted octanol–water partition coefficient (Wildman–Crippen LogP) is 2.57. The van der Waals surface area contributed by atoms with Crippen molar-refractivity contribution in [2.75, 3.05) is 31.2 Å². The summed E-state index contributed by atoms with van der Waals surface area (Å²) in [4.78, 5) is 18.7. The molecule has 2 amide bonds. The molecule has 1 aromatic carbocycles. The minimum atomic E-state index is -0.239. The lowest BCUT2D eigenvalue weighted by Gasteiger charge is -2.29. The molecule has 2 aromatic rings. The van der Waals surface area contributed by atoms with Gasteiger partial charge in [-0.2, -0.15) is 0 Å². The minimum Gasteiger partial charge on any atom is -0.378 e. The zero-order valence-electron chi connectivity index (χ0n) is 13.9. The van der Waals surface area contributed by atoms with Gasteiger partial charge in [-0.3, -0.25) is 0 Å². The van der Waals surface area contributed by atoms with Gasteiger partial charge in [0.2, 0.25) is 0 Å². The zero-order chi connectivity index (χ0) is 17.5. The van der Waals surface area contributed by atoms with Gasteiger partial charge in [0, 0.05) is 43.0 Å². The first kappa shape index (κ1) is 17.5. The Hall–Kier alpha value is -2.31. The van der Waals surface area contributed by atoms with Gasteiger partial charge in [0.1, 0.15) is 5.82 Å². The summed E-state index contributed by atoms with van der Waals surface area (Å²) in [6.07, 6.45) is 1.77. The average Bonchev–Trinajstić information content (AvgIpc) is 2.66. The van der Waals surface area contributed by atoms with Crippen molar-refractivity contribution in [1.82, 2.24) is 15.6 Å². The highest BCUT2D eigenvalue weighted by Gasteiger charge is 2.16. The summed E-state index contributed by atoms with van der Waals surface area (Å²) < 4.78 is 5.38. The van der Waals surface area contributed by atoms with Crippen molar-refractivity contribution in [3.05, 3.63) is 58.7 Å². The smallest absolute Gasteiger partial charge is 0.315 e. The lowest BCUT2D eigenvalue weighted by molar-refractivity contribution is 0.122. The molecule has 132 valence electrons. The number of anilines is 1. The molecule has 1 saturated heterocycles. The van der Waals surface area contributed by atoms with Crippen molar-refractivity contribution < 1.29 is 9.53 Å². The van der Waals surface area contributed by atoms with Crippen LogP contribution in [0.15, 0.2) is 42.6 Å². The van der Waals surface area contributed by atoms with E-state index in [1.165, 1.54) is 0 Å². The molecule has 0 atom stereocenters. The van der Waals surface area contributed by atoms with Crippen LogP contribution in [0.4, 0.5) is 10.6 Å². The van der Waals surface area contributed by atoms with Crippen molar-refractivity contribution in [2.24, 2.45) is 0 Å². The lowest BCUT2D eigenvalue weighted by atomic mass is 10.2. The summed E-state index contributed by atoms with van der Waals surface area (Å²) in [6, 6.07) is 11.1. The van der Waals surface area contributed by atoms with Crippen LogP contribution in [-0.4, -0.2) is 37.3 Å². The molecule has 25 heavy (non-hydrogen) atoms. The van der Waals surface area contributed by atoms with Crippen LogP contribution in [0.3, 0.4) is 0 Å². The second-order valence-electron chi connectivity index (χ2n) is 5.71. The molecule has 6 nitrogen and oxygen atoms in total. The maximum atomic E-state index is 12.1. The molecule has 0 saturated carbocycles. The molecule has 0 radical (unpaired) electrons. The van der Waals surface area contributed by atoms with Crippen LogP contribution in [0.2, 0.25) is 5.02 Å². The van der Waals surface area contributed by atoms with Gasteiger partial charge >= 0.3 is 6.03 Å². The number of carbonyl (C=O) groups is 1. The summed E-state index contributed by atoms with van der Waals surface area (Å²) in [5.74, 6) is 0.900. The molecule has 1 fully saturated rings. The first-order valence-electron chi connectivity index (χ1n) is 8.26. The number of hydrogen-bond acceptors (Lipinski definition) is 4. The molecular weight excluding hydrogens is 340 g/mol. The van der Waals surface area contributed by atoms with E-state index in [-0.39, 0.29) is 6.03 Å². The third-order valence-electron chi connectivity index (χ3n) is 4.01. The number of hydrogen-bond donors (Lipinski definition) is 2. The molecule has 0 aliphatic carbocycles. The van der Waals surface area contributed by atoms with E-state index >= 15 is 0 Å². The largest absolute Gasteiger partial charge is 0.378 e. The number of halogens is 1. The van der Waals surface area contributed by atoms with Gasteiger partial charge < -0.3 is 20.3 Å². The van der Waals surface area contributed by atoms with Crippen molar-refractivity contribution in [2.45, 2.75) is 13.1 Å². The first-order chi connectivity index (χ1) is 12.2. The number of nitrogens with one attached hydrogen (secondary N) is 2. The van der Waals surface area contributed by atoms with E-state index in [2.05, 4.69) is 20.5 Å². The summed E-state index contributed by atoms with van der Waals surface area (Å²) >= 11 is 6.09. The number of carbonyl (C=O) groups excluding carboxylic acids is 1. The molecule has 1 aliphatic heterocycles. The summed E-state index contributed by atoms with van der Waals surface area (Å²) in [6.45, 7) is 3.80. The van der Waals surface area contributed by atoms with Gasteiger partial charge in [0.15, 0.2) is 0 Å². The minimum absolute atomic E-state index is 0.239. The molecule has 7 heteroatoms. The van der Waals surface area contributed by atoms with E-state index in [9.17, 15) is 4.79 Å². The third kappa shape index (κ3) is 4.84. The normalized spacial score (nSPS) is 14.2. The van der Waals surface area contributed by atoms with Gasteiger partial charge in [-0.1, -0.05) is 35.9 Å². The van der Waals surface area contributed by atoms with Crippen LogP contribution >= 0.6 is 11.6 Å². The van der Waals surface area contributed by atoms with Crippen LogP contribution in [0.25, 0.3) is 0 Å². The van der Waals surface area contributed by atoms with E-state index in [1.807, 2.05) is 30.3 Å². The Kier molecular flexibility index (Phi) is 6.09. The monoisotopic (exact) mass is 360 g/mol. The van der Waals surface area contributed by atoms with Crippen molar-refractivity contribution in [3.63, 3.8) is 0 Å². The average molecular weight is 361 g/mol. The van der Waals surface area contributed by atoms with Crippen molar-refractivity contribution in [1.29, 1.82) is 0 Å². The SMILES string of the molecule is O=C(NCc1ccccc1Cl)NCc1cccnc1N1CCOCC1. The van der Waals surface area contributed by atoms with Crippen molar-refractivity contribution in [3.8, 4) is 0 Å². The number of benzene rings is 1. The Morgan fingerprint density at radius 3 is 2.52 bits per heavy atom. The van der Waals surface area contributed by atoms with E-state index in [0.717, 1.165) is 30.0 Å². The predicted molar refractivity (Wildman–Crippen MR) is 97.8 cm³/mol. The Labute approximate surface area is 152 Å². The zero-order valence-corrected chi connectivity index (χ0v) is 14.6. The van der Waals surface area contributed by atoms with Crippen molar-refractivity contribution >= 4 is 23.4 Å². The van der Waals surface area contributed by atoms with Crippen LogP contribution in [0, 0.1) is 0 Å². The fourth-order valence-corrected chi connectivity index (χ4v) is 2.89. The maximum Gasteiger partial charge on any atom is 0.315 e. The number of amides is 2. The molecule has 0 spiro atoms. The number of ether oxygens (including phenoxy) is 1. The van der Waals surface area contributed by atoms with E-state index < -0.39 is 0 Å². The van der Waals surface area contributed by atoms with Gasteiger partial charge in [-0.25, -0.2) is 9.78 Å². The molecule has 1 aliphatic rings. The number of nitrogens with zero attached hydrogens (tertiary/aromatic N) is 2. The number of morpholine rings is 1. The fourth-order valence-electron chi connectivity index (χ4n) is 2.68. The summed E-state index contributed by atoms with van der Waals surface area (Å²) in [5, 5.41) is 6.34. The summed E-state index contributed by atoms with van der Waals surface area (Å²) in [7, 11) is 0. The Bertz CT molecular complexity index is 720. The lowest BCUT2D eigenvalue weighted by Crippen LogP contribution is -2.38. The van der Waals surface area contributed by atoms with Crippen LogP contribution < -0.4 is 15.5 Å². The molecule has 3 rings (SSSR count). The van der Waals surface area contributed by atoms with E-state index in [1.54, 1.807) is 12.3 Å². The Morgan fingerprint density at radius 2 is 1.76 bits per heavy atom. The molecule has 1 aromatic heterocycles. The quantitative estimate of drug-likeness (QED) is 0.860. The van der Waals surface area contributed by atoms with Gasteiger partial charge in [-0.15, -0.1) is 0 Å². The number of rotatable bonds is 5. The highest BCUT2D eigenvalue weighted by Crippen LogP contribution is 2.18. The highest BCUT2D eigenvalue weighted by molar-refractivity contribution is 6.31. The van der Waals surface area contributed by atoms with Crippen LogP contribution in [0.5, 0.6) is 0 Å². The fraction of sp³-hybridized carbons (Fsp3) is 0.333. The number of aromatic nitrogens is 1. The number of pyridine rings is 1. The van der Waals surface area contributed by atoms with Crippen LogP contribution in [0.1, 0.15) is 11.1 Å². The van der Waals surface area contributed by atoms with E-state index in [0.29, 0.717) is 31.3 Å². The van der Waals surface area contributed by atoms with Crippen LogP contribution in [-0.2, 0) is 17.8 Å². The Balaban J connectivity index is 1.54. The first-order valence-corrected chi connectivity index (χ1v) is 8.63. The Morgan fingerprint density at radius 1 is 1.08 bits per heavy atom. The third-order valence-corrected chi connectivity index (χ3v) is 4.38. The topological polar surface area (TPSA) is 66.5 Å². The number of urea groups is 1. The molecule has 0 unspecified atom stereocenters. The highest BCUT2D eigenvalue weighted by atomic mass is 35.5. The molecule has 0 bridgehead atoms. The second kappa shape index (κ2) is 8.69. The van der Waals surface area contributed by atoms with Gasteiger partial charge in [-0.05, 0) is 17.7 Å². The standard InChI is InChI=1S/C18H21ClN4O2/c19-16-6-2-1-4-14(16)12-21-18(24)22-13-15-5-3-7-20-17(15)23-8-10-25-11-9-23/h1-7H,8-13H2,(H2,21,22,24). The van der Waals surface area contributed by atoms with Gasteiger partial charge in [0.05, 0.1) is 13.2 Å². The second-order valence-corrected chi connectivity index (χ2v) is 6.12. The maximum absolute atomic E-state index is 12.1. The van der Waals surface area contributed by atoms with E-state index in [4.69, 9.17) is 16.3 Å².